The Morgan fingerprint density at radius 2 is 1.24 bits per heavy atom. The highest BCUT2D eigenvalue weighted by Gasteiger charge is 2.18. The number of hydrogen-bond donors (Lipinski definition) is 1. The molecule has 21 heavy (non-hydrogen) atoms. The molecule has 1 fully saturated rings. The van der Waals surface area contributed by atoms with E-state index >= 15 is 0 Å². The zero-order chi connectivity index (χ0) is 15.5. The van der Waals surface area contributed by atoms with Crippen LogP contribution in [0.1, 0.15) is 84.5 Å². The summed E-state index contributed by atoms with van der Waals surface area (Å²) in [5.41, 5.74) is 0. The van der Waals surface area contributed by atoms with Gasteiger partial charge in [-0.1, -0.05) is 71.6 Å². The van der Waals surface area contributed by atoms with Gasteiger partial charge in [0.25, 0.3) is 0 Å². The number of nitrogens with one attached hydrogen (secondary N) is 1. The van der Waals surface area contributed by atoms with Crippen LogP contribution >= 0.6 is 0 Å². The van der Waals surface area contributed by atoms with Gasteiger partial charge in [-0.2, -0.15) is 0 Å². The molecule has 0 aromatic carbocycles. The Morgan fingerprint density at radius 3 is 1.62 bits per heavy atom. The summed E-state index contributed by atoms with van der Waals surface area (Å²) in [6.45, 7) is 5.88. The molecule has 0 amide bonds. The van der Waals surface area contributed by atoms with Gasteiger partial charge < -0.3 is 10.2 Å². The summed E-state index contributed by atoms with van der Waals surface area (Å²) in [6.07, 6.45) is 15.8. The second kappa shape index (κ2) is 11.5. The van der Waals surface area contributed by atoms with E-state index in [1.165, 1.54) is 70.6 Å². The van der Waals surface area contributed by atoms with Gasteiger partial charge >= 0.3 is 0 Å². The van der Waals surface area contributed by atoms with E-state index in [9.17, 15) is 0 Å². The summed E-state index contributed by atoms with van der Waals surface area (Å²) in [5.74, 6) is 0.716. The molecule has 0 bridgehead atoms. The van der Waals surface area contributed by atoms with Crippen molar-refractivity contribution in [1.29, 1.82) is 0 Å². The molecule has 0 radical (unpaired) electrons. The van der Waals surface area contributed by atoms with E-state index in [2.05, 4.69) is 38.2 Å². The average Bonchev–Trinajstić information content (AvgIpc) is 2.40. The first-order chi connectivity index (χ1) is 10.1. The van der Waals surface area contributed by atoms with Gasteiger partial charge in [-0.05, 0) is 32.9 Å². The highest BCUT2D eigenvalue weighted by Crippen LogP contribution is 2.18. The van der Waals surface area contributed by atoms with Crippen LogP contribution in [0.2, 0.25) is 0 Å². The Morgan fingerprint density at radius 1 is 0.810 bits per heavy atom. The molecule has 0 aromatic heterocycles. The highest BCUT2D eigenvalue weighted by atomic mass is 15.1. The third-order valence-electron chi connectivity index (χ3n) is 4.92. The van der Waals surface area contributed by atoms with Crippen LogP contribution in [0, 0.1) is 5.92 Å². The van der Waals surface area contributed by atoms with Gasteiger partial charge in [0, 0.05) is 18.6 Å². The number of rotatable bonds is 5. The van der Waals surface area contributed by atoms with Crippen molar-refractivity contribution in [2.75, 3.05) is 20.6 Å². The molecule has 126 valence electrons. The molecule has 0 spiro atoms. The first kappa shape index (κ1) is 19.0. The van der Waals surface area contributed by atoms with Gasteiger partial charge in [0.1, 0.15) is 0 Å². The highest BCUT2D eigenvalue weighted by molar-refractivity contribution is 4.79. The van der Waals surface area contributed by atoms with Gasteiger partial charge in [0.05, 0.1) is 0 Å². The van der Waals surface area contributed by atoms with Crippen molar-refractivity contribution in [2.45, 2.75) is 96.6 Å². The maximum absolute atomic E-state index is 4.00. The van der Waals surface area contributed by atoms with E-state index < -0.39 is 0 Å². The van der Waals surface area contributed by atoms with Crippen LogP contribution in [0.4, 0.5) is 0 Å². The molecule has 1 saturated carbocycles. The molecule has 1 aliphatic carbocycles. The fourth-order valence-electron chi connectivity index (χ4n) is 3.48. The van der Waals surface area contributed by atoms with Crippen LogP contribution < -0.4 is 5.32 Å². The van der Waals surface area contributed by atoms with Crippen molar-refractivity contribution in [1.82, 2.24) is 10.2 Å². The van der Waals surface area contributed by atoms with Crippen molar-refractivity contribution in [2.24, 2.45) is 5.92 Å². The van der Waals surface area contributed by atoms with E-state index in [0.717, 1.165) is 12.6 Å². The Hall–Kier alpha value is -0.0800. The monoisotopic (exact) mass is 296 g/mol. The zero-order valence-electron chi connectivity index (χ0n) is 15.2. The molecule has 2 nitrogen and oxygen atoms in total. The van der Waals surface area contributed by atoms with Gasteiger partial charge in [-0.3, -0.25) is 0 Å². The molecule has 0 saturated heterocycles. The molecule has 1 rings (SSSR count). The van der Waals surface area contributed by atoms with Crippen molar-refractivity contribution >= 4 is 0 Å². The number of nitrogens with zero attached hydrogens (tertiary/aromatic N) is 1. The van der Waals surface area contributed by atoms with Crippen molar-refractivity contribution in [3.8, 4) is 0 Å². The molecular weight excluding hydrogens is 256 g/mol. The summed E-state index contributed by atoms with van der Waals surface area (Å²) in [7, 11) is 4.39. The van der Waals surface area contributed by atoms with Crippen LogP contribution in [-0.2, 0) is 0 Å². The largest absolute Gasteiger partial charge is 0.310 e. The lowest BCUT2D eigenvalue weighted by Gasteiger charge is -2.31. The SMILES string of the molecule is CC(C)C(CN(C)C)NC1CCCCCCCCCCC1. The second-order valence-electron chi connectivity index (χ2n) is 7.74. The molecule has 0 heterocycles. The van der Waals surface area contributed by atoms with E-state index in [1.807, 2.05) is 0 Å². The fourth-order valence-corrected chi connectivity index (χ4v) is 3.48. The first-order valence-electron chi connectivity index (χ1n) is 9.50. The molecule has 1 N–H and O–H groups in total. The third kappa shape index (κ3) is 9.52. The van der Waals surface area contributed by atoms with E-state index in [1.54, 1.807) is 0 Å². The maximum Gasteiger partial charge on any atom is 0.0220 e. The predicted octanol–water partition coefficient (Wildman–Crippen LogP) is 4.84. The lowest BCUT2D eigenvalue weighted by Crippen LogP contribution is -2.47. The van der Waals surface area contributed by atoms with Gasteiger partial charge in [0.2, 0.25) is 0 Å². The van der Waals surface area contributed by atoms with Crippen LogP contribution in [-0.4, -0.2) is 37.6 Å². The summed E-state index contributed by atoms with van der Waals surface area (Å²) in [4.78, 5) is 2.33. The molecular formula is C19H40N2. The molecule has 2 heteroatoms. The normalized spacial score (nSPS) is 22.0. The Balaban J connectivity index is 2.44. The lowest BCUT2D eigenvalue weighted by molar-refractivity contribution is 0.254. The standard InChI is InChI=1S/C19H40N2/c1-17(2)19(16-21(3)4)20-18-14-12-10-8-6-5-7-9-11-13-15-18/h17-20H,5-16H2,1-4H3. The van der Waals surface area contributed by atoms with Gasteiger partial charge in [-0.25, -0.2) is 0 Å². The smallest absolute Gasteiger partial charge is 0.0220 e. The van der Waals surface area contributed by atoms with Crippen molar-refractivity contribution in [3.63, 3.8) is 0 Å². The minimum atomic E-state index is 0.637. The topological polar surface area (TPSA) is 15.3 Å². The van der Waals surface area contributed by atoms with Gasteiger partial charge in [-0.15, -0.1) is 0 Å². The zero-order valence-corrected chi connectivity index (χ0v) is 15.2. The van der Waals surface area contributed by atoms with E-state index in [-0.39, 0.29) is 0 Å². The number of likely N-dealkylation sites (N-methyl/N-ethyl adjacent to an activating group) is 1. The van der Waals surface area contributed by atoms with Crippen LogP contribution in [0.25, 0.3) is 0 Å². The van der Waals surface area contributed by atoms with Crippen LogP contribution in [0.15, 0.2) is 0 Å². The average molecular weight is 297 g/mol. The summed E-state index contributed by atoms with van der Waals surface area (Å²) in [6, 6.07) is 1.38. The second-order valence-corrected chi connectivity index (χ2v) is 7.74. The quantitative estimate of drug-likeness (QED) is 0.781. The maximum atomic E-state index is 4.00. The fraction of sp³-hybridized carbons (Fsp3) is 1.00. The van der Waals surface area contributed by atoms with Gasteiger partial charge in [0.15, 0.2) is 0 Å². The molecule has 0 aromatic rings. The first-order valence-corrected chi connectivity index (χ1v) is 9.50. The van der Waals surface area contributed by atoms with Crippen molar-refractivity contribution < 1.29 is 0 Å². The Labute approximate surface area is 134 Å². The molecule has 1 atom stereocenters. The summed E-state index contributed by atoms with van der Waals surface area (Å²) in [5, 5.41) is 4.00. The molecule has 0 aliphatic heterocycles. The predicted molar refractivity (Wildman–Crippen MR) is 94.9 cm³/mol. The number of hydrogen-bond acceptors (Lipinski definition) is 2. The molecule has 1 unspecified atom stereocenters. The lowest BCUT2D eigenvalue weighted by atomic mass is 9.95. The van der Waals surface area contributed by atoms with Crippen LogP contribution in [0.5, 0.6) is 0 Å². The van der Waals surface area contributed by atoms with Crippen LogP contribution in [0.3, 0.4) is 0 Å². The third-order valence-corrected chi connectivity index (χ3v) is 4.92. The Kier molecular flexibility index (Phi) is 10.4. The summed E-state index contributed by atoms with van der Waals surface area (Å²) >= 11 is 0. The Bertz CT molecular complexity index is 226. The minimum Gasteiger partial charge on any atom is -0.310 e. The molecule has 1 aliphatic rings. The minimum absolute atomic E-state index is 0.637. The summed E-state index contributed by atoms with van der Waals surface area (Å²) < 4.78 is 0. The van der Waals surface area contributed by atoms with E-state index in [0.29, 0.717) is 12.0 Å². The van der Waals surface area contributed by atoms with Crippen molar-refractivity contribution in [3.05, 3.63) is 0 Å². The van der Waals surface area contributed by atoms with E-state index in [4.69, 9.17) is 0 Å².